The molecular formula is C28H37F3O2. The molecule has 0 radical (unpaired) electrons. The number of allylic oxidation sites excluding steroid dienone is 3. The number of hydrogen-bond acceptors (Lipinski definition) is 2. The molecule has 0 spiro atoms. The van der Waals surface area contributed by atoms with Crippen LogP contribution in [0.15, 0.2) is 48.5 Å². The van der Waals surface area contributed by atoms with Crippen molar-refractivity contribution in [2.45, 2.75) is 82.1 Å². The van der Waals surface area contributed by atoms with Gasteiger partial charge in [0, 0.05) is 13.2 Å². The van der Waals surface area contributed by atoms with Gasteiger partial charge in [0.1, 0.15) is 11.6 Å². The van der Waals surface area contributed by atoms with Crippen LogP contribution >= 0.6 is 0 Å². The van der Waals surface area contributed by atoms with E-state index in [0.29, 0.717) is 29.0 Å². The van der Waals surface area contributed by atoms with Crippen molar-refractivity contribution < 1.29 is 22.6 Å². The molecule has 0 bridgehead atoms. The van der Waals surface area contributed by atoms with Gasteiger partial charge in [0.25, 0.3) is 0 Å². The van der Waals surface area contributed by atoms with E-state index in [9.17, 15) is 8.78 Å². The fourth-order valence-corrected chi connectivity index (χ4v) is 5.38. The first-order chi connectivity index (χ1) is 15.8. The van der Waals surface area contributed by atoms with Crippen molar-refractivity contribution in [2.75, 3.05) is 14.2 Å². The molecular weight excluding hydrogens is 425 g/mol. The summed E-state index contributed by atoms with van der Waals surface area (Å²) in [6.07, 6.45) is 9.85. The van der Waals surface area contributed by atoms with Crippen LogP contribution < -0.4 is 0 Å². The van der Waals surface area contributed by atoms with Crippen molar-refractivity contribution in [1.29, 1.82) is 0 Å². The smallest absolute Gasteiger partial charge is 0.162 e. The Bertz CT molecular complexity index is 860. The normalized spacial score (nSPS) is 26.2. The van der Waals surface area contributed by atoms with Crippen molar-refractivity contribution in [3.63, 3.8) is 0 Å². The maximum atomic E-state index is 15.0. The Morgan fingerprint density at radius 3 is 1.91 bits per heavy atom. The minimum atomic E-state index is -0.663. The highest BCUT2D eigenvalue weighted by Gasteiger charge is 2.29. The van der Waals surface area contributed by atoms with Crippen LogP contribution in [0.5, 0.6) is 0 Å². The molecule has 0 amide bonds. The Morgan fingerprint density at radius 2 is 1.42 bits per heavy atom. The molecule has 0 aliphatic heterocycles. The van der Waals surface area contributed by atoms with E-state index in [-0.39, 0.29) is 23.7 Å². The number of rotatable bonds is 9. The molecule has 2 nitrogen and oxygen atoms in total. The molecule has 2 fully saturated rings. The third-order valence-electron chi connectivity index (χ3n) is 7.62. The van der Waals surface area contributed by atoms with Gasteiger partial charge in [0.15, 0.2) is 11.6 Å². The first-order valence-corrected chi connectivity index (χ1v) is 12.1. The third-order valence-corrected chi connectivity index (χ3v) is 7.62. The quantitative estimate of drug-likeness (QED) is 0.272. The van der Waals surface area contributed by atoms with E-state index in [1.165, 1.54) is 13.2 Å². The first-order valence-electron chi connectivity index (χ1n) is 12.1. The topological polar surface area (TPSA) is 18.5 Å². The van der Waals surface area contributed by atoms with E-state index < -0.39 is 17.5 Å². The van der Waals surface area contributed by atoms with Gasteiger partial charge in [0.05, 0.1) is 13.2 Å². The molecule has 2 aliphatic carbocycles. The molecule has 1 aromatic rings. The fraction of sp³-hybridized carbons (Fsp3) is 0.571. The molecule has 2 aliphatic rings. The van der Waals surface area contributed by atoms with E-state index in [4.69, 9.17) is 9.47 Å². The summed E-state index contributed by atoms with van der Waals surface area (Å²) in [6.45, 7) is 7.42. The Kier molecular flexibility index (Phi) is 9.25. The zero-order valence-electron chi connectivity index (χ0n) is 20.0. The van der Waals surface area contributed by atoms with Crippen LogP contribution in [-0.4, -0.2) is 20.3 Å². The van der Waals surface area contributed by atoms with Crippen LogP contribution in [0.25, 0.3) is 0 Å². The van der Waals surface area contributed by atoms with Gasteiger partial charge < -0.3 is 9.47 Å². The van der Waals surface area contributed by atoms with Gasteiger partial charge in [-0.3, -0.25) is 0 Å². The van der Waals surface area contributed by atoms with Crippen LogP contribution in [-0.2, 0) is 9.47 Å². The van der Waals surface area contributed by atoms with Crippen LogP contribution in [0.1, 0.15) is 87.2 Å². The first kappa shape index (κ1) is 25.6. The van der Waals surface area contributed by atoms with Crippen molar-refractivity contribution >= 4 is 0 Å². The molecule has 182 valence electrons. The lowest BCUT2D eigenvalue weighted by Gasteiger charge is -2.31. The van der Waals surface area contributed by atoms with E-state index in [2.05, 4.69) is 13.2 Å². The molecule has 0 saturated heterocycles. The summed E-state index contributed by atoms with van der Waals surface area (Å²) < 4.78 is 54.4. The van der Waals surface area contributed by atoms with Gasteiger partial charge in [-0.1, -0.05) is 25.3 Å². The molecule has 0 aromatic heterocycles. The summed E-state index contributed by atoms with van der Waals surface area (Å²) in [6, 6.07) is 3.62. The summed E-state index contributed by atoms with van der Waals surface area (Å²) in [7, 11) is 3.16. The summed E-state index contributed by atoms with van der Waals surface area (Å²) in [5, 5.41) is 0. The second-order valence-electron chi connectivity index (χ2n) is 9.60. The monoisotopic (exact) mass is 462 g/mol. The highest BCUT2D eigenvalue weighted by atomic mass is 19.2. The molecule has 5 heteroatoms. The highest BCUT2D eigenvalue weighted by Crippen LogP contribution is 2.42. The van der Waals surface area contributed by atoms with Gasteiger partial charge in [0.2, 0.25) is 0 Å². The van der Waals surface area contributed by atoms with Crippen molar-refractivity contribution in [3.8, 4) is 0 Å². The predicted molar refractivity (Wildman–Crippen MR) is 127 cm³/mol. The van der Waals surface area contributed by atoms with Gasteiger partial charge in [-0.15, -0.1) is 0 Å². The van der Waals surface area contributed by atoms with Crippen LogP contribution in [0.4, 0.5) is 13.2 Å². The Morgan fingerprint density at radius 1 is 0.909 bits per heavy atom. The fourth-order valence-electron chi connectivity index (χ4n) is 5.38. The zero-order chi connectivity index (χ0) is 24.0. The lowest BCUT2D eigenvalue weighted by Crippen LogP contribution is -2.20. The van der Waals surface area contributed by atoms with Crippen molar-refractivity contribution in [1.82, 2.24) is 0 Å². The minimum Gasteiger partial charge on any atom is -0.497 e. The van der Waals surface area contributed by atoms with Crippen LogP contribution in [0.2, 0.25) is 0 Å². The van der Waals surface area contributed by atoms with E-state index in [1.807, 2.05) is 12.1 Å². The highest BCUT2D eigenvalue weighted by molar-refractivity contribution is 5.32. The predicted octanol–water partition coefficient (Wildman–Crippen LogP) is 8.26. The van der Waals surface area contributed by atoms with Crippen molar-refractivity contribution in [3.05, 3.63) is 71.3 Å². The minimum absolute atomic E-state index is 0.0406. The average molecular weight is 463 g/mol. The second-order valence-corrected chi connectivity index (χ2v) is 9.60. The Labute approximate surface area is 196 Å². The number of benzene rings is 1. The summed E-state index contributed by atoms with van der Waals surface area (Å²) in [5.41, 5.74) is 1.47. The van der Waals surface area contributed by atoms with E-state index in [1.54, 1.807) is 7.11 Å². The second kappa shape index (κ2) is 11.9. The van der Waals surface area contributed by atoms with Gasteiger partial charge >= 0.3 is 0 Å². The number of methoxy groups -OCH3 is 2. The lowest BCUT2D eigenvalue weighted by molar-refractivity contribution is 0.0655. The third kappa shape index (κ3) is 6.53. The van der Waals surface area contributed by atoms with Gasteiger partial charge in [-0.05, 0) is 98.7 Å². The standard InChI is InChI=1S/C28H37F3O2/c1-18(26(29)17-19(2)32-3)5-6-20-7-9-21(10-8-20)24-15-16-25(28(31)27(24)30)22-11-13-23(33-4)14-12-22/h15-17,20-23H,1-2,5-14H2,3-4H3/b26-17+. The molecule has 3 rings (SSSR count). The number of halogens is 3. The maximum absolute atomic E-state index is 15.0. The molecule has 33 heavy (non-hydrogen) atoms. The molecule has 0 heterocycles. The summed E-state index contributed by atoms with van der Waals surface area (Å²) in [5.74, 6) is -0.908. The number of ether oxygens (including phenoxy) is 2. The lowest BCUT2D eigenvalue weighted by atomic mass is 9.76. The Balaban J connectivity index is 1.53. The molecule has 0 unspecified atom stereocenters. The maximum Gasteiger partial charge on any atom is 0.162 e. The molecule has 0 atom stereocenters. The van der Waals surface area contributed by atoms with Crippen molar-refractivity contribution in [2.24, 2.45) is 5.92 Å². The van der Waals surface area contributed by atoms with Crippen LogP contribution in [0.3, 0.4) is 0 Å². The van der Waals surface area contributed by atoms with E-state index in [0.717, 1.165) is 57.8 Å². The largest absolute Gasteiger partial charge is 0.497 e. The SMILES string of the molecule is C=C(/C=C(/F)C(=C)CCC1CCC(c2ccc(C3CCC(OC)CC3)c(F)c2F)CC1)OC. The summed E-state index contributed by atoms with van der Waals surface area (Å²) >= 11 is 0. The van der Waals surface area contributed by atoms with Gasteiger partial charge in [-0.25, -0.2) is 13.2 Å². The van der Waals surface area contributed by atoms with Gasteiger partial charge in [-0.2, -0.15) is 0 Å². The molecule has 0 N–H and O–H groups in total. The zero-order valence-corrected chi connectivity index (χ0v) is 20.0. The molecule has 2 saturated carbocycles. The molecule has 1 aromatic carbocycles. The van der Waals surface area contributed by atoms with Crippen LogP contribution in [0, 0.1) is 17.6 Å². The summed E-state index contributed by atoms with van der Waals surface area (Å²) in [4.78, 5) is 0. The average Bonchev–Trinajstić information content (AvgIpc) is 2.84. The number of hydrogen-bond donors (Lipinski definition) is 0. The Hall–Kier alpha value is -2.01. The van der Waals surface area contributed by atoms with E-state index >= 15 is 4.39 Å².